The fourth-order valence-corrected chi connectivity index (χ4v) is 5.24. The van der Waals surface area contributed by atoms with E-state index in [0.29, 0.717) is 22.6 Å². The third-order valence-electron chi connectivity index (χ3n) is 6.61. The maximum Gasteiger partial charge on any atom is 0.133 e. The van der Waals surface area contributed by atoms with Crippen LogP contribution in [-0.4, -0.2) is 11.1 Å². The van der Waals surface area contributed by atoms with Crippen molar-refractivity contribution in [2.24, 2.45) is 5.92 Å². The molecule has 0 saturated heterocycles. The zero-order valence-electron chi connectivity index (χ0n) is 22.5. The molecule has 3 heteroatoms. The molecule has 2 heterocycles. The Morgan fingerprint density at radius 1 is 1.03 bits per heavy atom. The summed E-state index contributed by atoms with van der Waals surface area (Å²) in [6, 6.07) is 17.6. The number of rotatable bonds is 1. The number of aryl methyl sites for hydroxylation is 2. The second-order valence-electron chi connectivity index (χ2n) is 8.22. The lowest BCUT2D eigenvalue weighted by Gasteiger charge is -2.39. The first kappa shape index (κ1) is 12.9. The summed E-state index contributed by atoms with van der Waals surface area (Å²) in [6.45, 7) is -5.21. The molecule has 6 rings (SSSR count). The van der Waals surface area contributed by atoms with E-state index in [2.05, 4.69) is 29.3 Å². The lowest BCUT2D eigenvalue weighted by Crippen LogP contribution is -2.37. The first-order chi connectivity index (χ1) is 17.6. The zero-order chi connectivity index (χ0) is 26.1. The van der Waals surface area contributed by atoms with E-state index in [1.54, 1.807) is 0 Å². The van der Waals surface area contributed by atoms with E-state index in [4.69, 9.17) is 13.0 Å². The maximum absolute atomic E-state index is 9.49. The van der Waals surface area contributed by atoms with Crippen LogP contribution in [0.5, 0.6) is 5.75 Å². The van der Waals surface area contributed by atoms with Crippen molar-refractivity contribution in [2.75, 3.05) is 0 Å². The summed E-state index contributed by atoms with van der Waals surface area (Å²) in [4.78, 5) is 4.38. The minimum atomic E-state index is -2.61. The molecule has 31 heavy (non-hydrogen) atoms. The van der Waals surface area contributed by atoms with Gasteiger partial charge in [-0.3, -0.25) is 4.98 Å². The molecule has 0 spiro atoms. The Bertz CT molecular complexity index is 1530. The molecule has 3 nitrogen and oxygen atoms in total. The van der Waals surface area contributed by atoms with Crippen LogP contribution in [0.2, 0.25) is 0 Å². The van der Waals surface area contributed by atoms with E-state index in [-0.39, 0.29) is 35.0 Å². The molecule has 0 N–H and O–H groups in total. The van der Waals surface area contributed by atoms with Gasteiger partial charge in [0.2, 0.25) is 0 Å². The van der Waals surface area contributed by atoms with Crippen LogP contribution in [0, 0.1) is 31.0 Å². The summed E-state index contributed by atoms with van der Waals surface area (Å²) >= 11 is 0. The van der Waals surface area contributed by atoms with Gasteiger partial charge < -0.3 is 4.74 Å². The standard InChI is InChI=1S/C28H22N2O/c1-16-12-25(30-15-17(16)2)22-8-5-9-23-26-20-7-4-3-6-19(20)24-13-18(14-29)10-11-21(24)28(26)31-27(22)23/h3-13,15,21,24,26,28H,1-2H3/i1D3,2D3. The maximum atomic E-state index is 9.49. The van der Waals surface area contributed by atoms with Crippen molar-refractivity contribution in [1.82, 2.24) is 4.98 Å². The topological polar surface area (TPSA) is 45.9 Å². The molecule has 1 aliphatic heterocycles. The van der Waals surface area contributed by atoms with Crippen LogP contribution in [-0.2, 0) is 0 Å². The van der Waals surface area contributed by atoms with Crippen molar-refractivity contribution >= 4 is 0 Å². The van der Waals surface area contributed by atoms with Gasteiger partial charge in [0.1, 0.15) is 11.9 Å². The highest BCUT2D eigenvalue weighted by molar-refractivity contribution is 5.73. The predicted octanol–water partition coefficient (Wildman–Crippen LogP) is 5.99. The fraction of sp³-hybridized carbons (Fsp3) is 0.214. The van der Waals surface area contributed by atoms with Gasteiger partial charge >= 0.3 is 0 Å². The Morgan fingerprint density at radius 3 is 2.71 bits per heavy atom. The molecule has 0 bridgehead atoms. The number of pyridine rings is 1. The van der Waals surface area contributed by atoms with Crippen LogP contribution in [0.3, 0.4) is 0 Å². The highest BCUT2D eigenvalue weighted by Crippen LogP contribution is 2.56. The summed E-state index contributed by atoms with van der Waals surface area (Å²) < 4.78 is 53.8. The number of nitriles is 1. The molecule has 0 saturated carbocycles. The highest BCUT2D eigenvalue weighted by Gasteiger charge is 2.48. The second-order valence-corrected chi connectivity index (χ2v) is 8.22. The van der Waals surface area contributed by atoms with Gasteiger partial charge in [0, 0.05) is 43.0 Å². The van der Waals surface area contributed by atoms with Crippen molar-refractivity contribution in [3.05, 3.63) is 106 Å². The van der Waals surface area contributed by atoms with E-state index in [9.17, 15) is 5.26 Å². The van der Waals surface area contributed by atoms with Crippen LogP contribution in [0.1, 0.15) is 47.9 Å². The Hall–Kier alpha value is -3.64. The number of fused-ring (bicyclic) bond motifs is 8. The summed E-state index contributed by atoms with van der Waals surface area (Å²) in [5, 5.41) is 9.49. The van der Waals surface area contributed by atoms with Crippen LogP contribution in [0.25, 0.3) is 11.3 Å². The molecule has 3 aromatic rings. The molecular formula is C28H22N2O. The summed E-state index contributed by atoms with van der Waals surface area (Å²) in [5.74, 6) is 0.606. The minimum Gasteiger partial charge on any atom is -0.488 e. The molecule has 0 radical (unpaired) electrons. The third-order valence-corrected chi connectivity index (χ3v) is 6.61. The SMILES string of the molecule is [2H]C([2H])([2H])c1cnc(-c2cccc3c2OC2C3c3ccccc3C3C=C(C#N)C=CC32)cc1C([2H])([2H])[2H]. The number of hydrogen-bond acceptors (Lipinski definition) is 3. The smallest absolute Gasteiger partial charge is 0.133 e. The predicted molar refractivity (Wildman–Crippen MR) is 121 cm³/mol. The Kier molecular flexibility index (Phi) is 2.79. The Morgan fingerprint density at radius 2 is 1.87 bits per heavy atom. The second kappa shape index (κ2) is 6.68. The van der Waals surface area contributed by atoms with Crippen LogP contribution < -0.4 is 4.74 Å². The largest absolute Gasteiger partial charge is 0.488 e. The number of aromatic nitrogens is 1. The number of allylic oxidation sites excluding steroid dienone is 3. The average Bonchev–Trinajstić information content (AvgIpc) is 3.27. The van der Waals surface area contributed by atoms with Gasteiger partial charge in [-0.2, -0.15) is 5.26 Å². The molecular weight excluding hydrogens is 380 g/mol. The molecule has 4 unspecified atom stereocenters. The Balaban J connectivity index is 1.51. The number of para-hydroxylation sites is 1. The summed E-state index contributed by atoms with van der Waals surface area (Å²) in [7, 11) is 0. The molecule has 0 amide bonds. The molecule has 150 valence electrons. The normalized spacial score (nSPS) is 28.4. The van der Waals surface area contributed by atoms with Crippen molar-refractivity contribution < 1.29 is 13.0 Å². The third kappa shape index (κ3) is 2.61. The van der Waals surface area contributed by atoms with Gasteiger partial charge in [-0.1, -0.05) is 48.6 Å². The Labute approximate surface area is 190 Å². The number of ether oxygens (including phenoxy) is 1. The first-order valence-corrected chi connectivity index (χ1v) is 10.3. The van der Waals surface area contributed by atoms with Gasteiger partial charge in [-0.15, -0.1) is 0 Å². The van der Waals surface area contributed by atoms with E-state index >= 15 is 0 Å². The molecule has 0 fully saturated rings. The first-order valence-electron chi connectivity index (χ1n) is 13.3. The minimum absolute atomic E-state index is 0.00807. The van der Waals surface area contributed by atoms with Gasteiger partial charge in [0.05, 0.1) is 17.7 Å². The average molecular weight is 409 g/mol. The van der Waals surface area contributed by atoms with Crippen molar-refractivity contribution in [2.45, 2.75) is 31.6 Å². The van der Waals surface area contributed by atoms with Gasteiger partial charge in [-0.05, 0) is 54.2 Å². The molecule has 3 aliphatic rings. The van der Waals surface area contributed by atoms with E-state index in [1.165, 1.54) is 6.07 Å². The highest BCUT2D eigenvalue weighted by atomic mass is 16.5. The molecule has 2 aromatic carbocycles. The van der Waals surface area contributed by atoms with Gasteiger partial charge in [-0.25, -0.2) is 0 Å². The molecule has 2 aliphatic carbocycles. The molecule has 4 atom stereocenters. The van der Waals surface area contributed by atoms with Gasteiger partial charge in [0.25, 0.3) is 0 Å². The summed E-state index contributed by atoms with van der Waals surface area (Å²) in [6.07, 6.45) is 6.84. The number of nitrogens with zero attached hydrogens (tertiary/aromatic N) is 2. The lowest BCUT2D eigenvalue weighted by atomic mass is 9.65. The van der Waals surface area contributed by atoms with Crippen molar-refractivity contribution in [3.8, 4) is 23.1 Å². The quantitative estimate of drug-likeness (QED) is 0.497. The monoisotopic (exact) mass is 408 g/mol. The van der Waals surface area contributed by atoms with Crippen molar-refractivity contribution in [3.63, 3.8) is 0 Å². The van der Waals surface area contributed by atoms with Crippen LogP contribution >= 0.6 is 0 Å². The fourth-order valence-electron chi connectivity index (χ4n) is 5.24. The van der Waals surface area contributed by atoms with Gasteiger partial charge in [0.15, 0.2) is 0 Å². The van der Waals surface area contributed by atoms with Crippen molar-refractivity contribution in [1.29, 1.82) is 5.26 Å². The molecule has 1 aromatic heterocycles. The van der Waals surface area contributed by atoms with E-state index in [0.717, 1.165) is 22.9 Å². The lowest BCUT2D eigenvalue weighted by molar-refractivity contribution is 0.150. The van der Waals surface area contributed by atoms with E-state index < -0.39 is 13.7 Å². The zero-order valence-corrected chi connectivity index (χ0v) is 16.5. The van der Waals surface area contributed by atoms with E-state index in [1.807, 2.05) is 42.5 Å². The van der Waals surface area contributed by atoms with Crippen LogP contribution in [0.4, 0.5) is 0 Å². The number of hydrogen-bond donors (Lipinski definition) is 0. The number of benzene rings is 2. The summed E-state index contributed by atoms with van der Waals surface area (Å²) in [5.41, 5.74) is 4.38. The van der Waals surface area contributed by atoms with Crippen LogP contribution in [0.15, 0.2) is 78.5 Å².